The number of anilines is 1. The molecule has 0 unspecified atom stereocenters. The van der Waals surface area contributed by atoms with Crippen molar-refractivity contribution in [3.63, 3.8) is 0 Å². The number of hydrogen-bond donors (Lipinski definition) is 1. The van der Waals surface area contributed by atoms with Gasteiger partial charge in [0, 0.05) is 43.9 Å². The highest BCUT2D eigenvalue weighted by atomic mass is 16.1. The molecule has 5 nitrogen and oxygen atoms in total. The van der Waals surface area contributed by atoms with Crippen LogP contribution in [0.25, 0.3) is 0 Å². The van der Waals surface area contributed by atoms with Crippen LogP contribution in [0.5, 0.6) is 0 Å². The lowest BCUT2D eigenvalue weighted by molar-refractivity contribution is -0.116. The van der Waals surface area contributed by atoms with Crippen molar-refractivity contribution in [2.45, 2.75) is 25.7 Å². The summed E-state index contributed by atoms with van der Waals surface area (Å²) >= 11 is 0. The number of hydrogen-bond acceptors (Lipinski definition) is 4. The van der Waals surface area contributed by atoms with Gasteiger partial charge in [-0.2, -0.15) is 0 Å². The van der Waals surface area contributed by atoms with Gasteiger partial charge in [0.15, 0.2) is 5.78 Å². The van der Waals surface area contributed by atoms with Crippen LogP contribution in [-0.4, -0.2) is 61.3 Å². The quantitative estimate of drug-likeness (QED) is 0.524. The average Bonchev–Trinajstić information content (AvgIpc) is 2.74. The van der Waals surface area contributed by atoms with Gasteiger partial charge in [-0.15, -0.1) is 0 Å². The van der Waals surface area contributed by atoms with E-state index in [2.05, 4.69) is 34.3 Å². The van der Waals surface area contributed by atoms with Crippen molar-refractivity contribution in [3.05, 3.63) is 65.7 Å². The molecule has 154 valence electrons. The number of rotatable bonds is 9. The second-order valence-electron chi connectivity index (χ2n) is 7.82. The summed E-state index contributed by atoms with van der Waals surface area (Å²) in [4.78, 5) is 29.1. The number of nitrogens with one attached hydrogen (secondary N) is 1. The fraction of sp³-hybridized carbons (Fsp3) is 0.417. The first kappa shape index (κ1) is 21.2. The molecular weight excluding hydrogens is 362 g/mol. The predicted molar refractivity (Wildman–Crippen MR) is 117 cm³/mol. The highest BCUT2D eigenvalue weighted by Crippen LogP contribution is 2.13. The molecule has 0 spiro atoms. The molecule has 1 aliphatic rings. The minimum absolute atomic E-state index is 0.0228. The minimum Gasteiger partial charge on any atom is -0.326 e. The fourth-order valence-electron chi connectivity index (χ4n) is 3.52. The zero-order valence-electron chi connectivity index (χ0n) is 17.3. The molecule has 0 aromatic heterocycles. The van der Waals surface area contributed by atoms with E-state index < -0.39 is 0 Å². The first-order valence-electron chi connectivity index (χ1n) is 10.5. The van der Waals surface area contributed by atoms with Gasteiger partial charge in [-0.05, 0) is 56.1 Å². The summed E-state index contributed by atoms with van der Waals surface area (Å²) in [6, 6.07) is 17.6. The fourth-order valence-corrected chi connectivity index (χ4v) is 3.52. The second-order valence-corrected chi connectivity index (χ2v) is 7.82. The molecule has 2 aromatic carbocycles. The van der Waals surface area contributed by atoms with E-state index in [1.165, 1.54) is 5.56 Å². The van der Waals surface area contributed by atoms with E-state index >= 15 is 0 Å². The Bertz CT molecular complexity index is 782. The van der Waals surface area contributed by atoms with Crippen molar-refractivity contribution >= 4 is 17.4 Å². The minimum atomic E-state index is 0.0228. The van der Waals surface area contributed by atoms with E-state index in [-0.39, 0.29) is 11.7 Å². The van der Waals surface area contributed by atoms with Gasteiger partial charge in [-0.25, -0.2) is 0 Å². The standard InChI is InChI=1S/C24H31N3O2/c1-26-15-17-27(18-16-26)19-23(28)21-11-13-22(14-12-21)25-24(29)10-6-5-9-20-7-3-2-4-8-20/h2-4,7-8,11-14H,5-6,9-10,15-19H2,1H3,(H,25,29). The van der Waals surface area contributed by atoms with Crippen molar-refractivity contribution < 1.29 is 9.59 Å². The van der Waals surface area contributed by atoms with Gasteiger partial charge in [-0.3, -0.25) is 14.5 Å². The molecule has 1 saturated heterocycles. The number of likely N-dealkylation sites (N-methyl/N-ethyl adjacent to an activating group) is 1. The van der Waals surface area contributed by atoms with Gasteiger partial charge in [0.25, 0.3) is 0 Å². The number of ketones is 1. The maximum absolute atomic E-state index is 12.5. The van der Waals surface area contributed by atoms with E-state index in [0.29, 0.717) is 18.5 Å². The van der Waals surface area contributed by atoms with E-state index in [0.717, 1.165) is 51.1 Å². The Morgan fingerprint density at radius 2 is 1.59 bits per heavy atom. The number of carbonyl (C=O) groups excluding carboxylic acids is 2. The molecule has 0 bridgehead atoms. The number of nitrogens with zero attached hydrogens (tertiary/aromatic N) is 2. The lowest BCUT2D eigenvalue weighted by Crippen LogP contribution is -2.46. The van der Waals surface area contributed by atoms with Crippen LogP contribution < -0.4 is 5.32 Å². The molecule has 29 heavy (non-hydrogen) atoms. The molecule has 1 fully saturated rings. The van der Waals surface area contributed by atoms with Crippen LogP contribution in [0.1, 0.15) is 35.2 Å². The summed E-state index contributed by atoms with van der Waals surface area (Å²) in [6.45, 7) is 4.33. The van der Waals surface area contributed by atoms with Crippen LogP contribution >= 0.6 is 0 Å². The SMILES string of the molecule is CN1CCN(CC(=O)c2ccc(NC(=O)CCCCc3ccccc3)cc2)CC1. The summed E-state index contributed by atoms with van der Waals surface area (Å²) in [5.41, 5.74) is 2.75. The Labute approximate surface area is 173 Å². The maximum atomic E-state index is 12.5. The van der Waals surface area contributed by atoms with Gasteiger partial charge >= 0.3 is 0 Å². The van der Waals surface area contributed by atoms with Crippen LogP contribution in [-0.2, 0) is 11.2 Å². The van der Waals surface area contributed by atoms with Crippen molar-refractivity contribution in [3.8, 4) is 0 Å². The molecule has 0 aliphatic carbocycles. The van der Waals surface area contributed by atoms with Gasteiger partial charge in [0.05, 0.1) is 6.54 Å². The zero-order chi connectivity index (χ0) is 20.5. The first-order valence-corrected chi connectivity index (χ1v) is 10.5. The second kappa shape index (κ2) is 10.9. The topological polar surface area (TPSA) is 52.6 Å². The zero-order valence-corrected chi connectivity index (χ0v) is 17.3. The maximum Gasteiger partial charge on any atom is 0.224 e. The molecular formula is C24H31N3O2. The summed E-state index contributed by atoms with van der Waals surface area (Å²) in [5.74, 6) is 0.155. The monoisotopic (exact) mass is 393 g/mol. The Hall–Kier alpha value is -2.50. The molecule has 1 amide bonds. The Morgan fingerprint density at radius 3 is 2.28 bits per heavy atom. The summed E-state index contributed by atoms with van der Waals surface area (Å²) in [5, 5.41) is 2.93. The third-order valence-corrected chi connectivity index (χ3v) is 5.42. The number of amides is 1. The lowest BCUT2D eigenvalue weighted by atomic mass is 10.1. The Morgan fingerprint density at radius 1 is 0.897 bits per heavy atom. The largest absolute Gasteiger partial charge is 0.326 e. The van der Waals surface area contributed by atoms with E-state index in [9.17, 15) is 9.59 Å². The van der Waals surface area contributed by atoms with E-state index in [4.69, 9.17) is 0 Å². The van der Waals surface area contributed by atoms with Crippen molar-refractivity contribution in [1.82, 2.24) is 9.80 Å². The average molecular weight is 394 g/mol. The normalized spacial score (nSPS) is 15.2. The summed E-state index contributed by atoms with van der Waals surface area (Å²) in [7, 11) is 2.11. The van der Waals surface area contributed by atoms with Crippen LogP contribution in [0.4, 0.5) is 5.69 Å². The number of piperazine rings is 1. The predicted octanol–water partition coefficient (Wildman–Crippen LogP) is 3.47. The van der Waals surface area contributed by atoms with Gasteiger partial charge in [0.2, 0.25) is 5.91 Å². The number of Topliss-reactive ketones (excluding diaryl/α,β-unsaturated/α-hetero) is 1. The molecule has 2 aromatic rings. The van der Waals surface area contributed by atoms with Crippen LogP contribution in [0, 0.1) is 0 Å². The van der Waals surface area contributed by atoms with E-state index in [1.54, 1.807) is 0 Å². The third kappa shape index (κ3) is 7.11. The highest BCUT2D eigenvalue weighted by Gasteiger charge is 2.17. The van der Waals surface area contributed by atoms with Crippen LogP contribution in [0.3, 0.4) is 0 Å². The van der Waals surface area contributed by atoms with Crippen molar-refractivity contribution in [2.24, 2.45) is 0 Å². The van der Waals surface area contributed by atoms with Crippen LogP contribution in [0.15, 0.2) is 54.6 Å². The van der Waals surface area contributed by atoms with E-state index in [1.807, 2.05) is 42.5 Å². The van der Waals surface area contributed by atoms with Gasteiger partial charge in [0.1, 0.15) is 0 Å². The van der Waals surface area contributed by atoms with Gasteiger partial charge < -0.3 is 10.2 Å². The molecule has 0 saturated carbocycles. The molecule has 5 heteroatoms. The number of aryl methyl sites for hydroxylation is 1. The molecule has 0 radical (unpaired) electrons. The van der Waals surface area contributed by atoms with Crippen LogP contribution in [0.2, 0.25) is 0 Å². The molecule has 1 heterocycles. The lowest BCUT2D eigenvalue weighted by Gasteiger charge is -2.31. The number of carbonyl (C=O) groups is 2. The summed E-state index contributed by atoms with van der Waals surface area (Å²) < 4.78 is 0. The molecule has 0 atom stereocenters. The number of unbranched alkanes of at least 4 members (excludes halogenated alkanes) is 1. The smallest absolute Gasteiger partial charge is 0.224 e. The molecule has 1 aliphatic heterocycles. The summed E-state index contributed by atoms with van der Waals surface area (Å²) in [6.07, 6.45) is 3.37. The van der Waals surface area contributed by atoms with Gasteiger partial charge in [-0.1, -0.05) is 30.3 Å². The molecule has 3 rings (SSSR count). The Balaban J connectivity index is 1.38. The first-order chi connectivity index (χ1) is 14.1. The third-order valence-electron chi connectivity index (χ3n) is 5.42. The Kier molecular flexibility index (Phi) is 7.96. The van der Waals surface area contributed by atoms with Crippen molar-refractivity contribution in [2.75, 3.05) is 45.1 Å². The number of benzene rings is 2. The van der Waals surface area contributed by atoms with Crippen molar-refractivity contribution in [1.29, 1.82) is 0 Å². The highest BCUT2D eigenvalue weighted by molar-refractivity contribution is 5.98. The molecule has 1 N–H and O–H groups in total.